The number of ether oxygens (including phenoxy) is 1. The van der Waals surface area contributed by atoms with E-state index in [2.05, 4.69) is 24.5 Å². The maximum absolute atomic E-state index is 6.36. The van der Waals surface area contributed by atoms with Crippen molar-refractivity contribution in [1.29, 1.82) is 0 Å². The van der Waals surface area contributed by atoms with Gasteiger partial charge in [-0.15, -0.1) is 11.6 Å². The molecule has 0 spiro atoms. The third-order valence-electron chi connectivity index (χ3n) is 4.55. The van der Waals surface area contributed by atoms with Crippen LogP contribution in [0.15, 0.2) is 18.2 Å². The van der Waals surface area contributed by atoms with Crippen molar-refractivity contribution in [3.05, 3.63) is 24.0 Å². The molecule has 0 N–H and O–H groups in total. The summed E-state index contributed by atoms with van der Waals surface area (Å²) in [6, 6.07) is 6.13. The van der Waals surface area contributed by atoms with Gasteiger partial charge in [-0.05, 0) is 43.7 Å². The van der Waals surface area contributed by atoms with E-state index in [0.29, 0.717) is 17.9 Å². The molecule has 2 atom stereocenters. The van der Waals surface area contributed by atoms with Gasteiger partial charge in [-0.2, -0.15) is 0 Å². The van der Waals surface area contributed by atoms with Crippen molar-refractivity contribution < 1.29 is 4.74 Å². The summed E-state index contributed by atoms with van der Waals surface area (Å²) in [5, 5.41) is -0.103. The molecule has 1 aliphatic rings. The molecule has 0 aliphatic heterocycles. The van der Waals surface area contributed by atoms with Gasteiger partial charge in [0, 0.05) is 6.54 Å². The minimum absolute atomic E-state index is 0.103. The summed E-state index contributed by atoms with van der Waals surface area (Å²) in [5.74, 6) is 2.50. The first-order valence-corrected chi connectivity index (χ1v) is 8.13. The number of aromatic nitrogens is 2. The summed E-state index contributed by atoms with van der Waals surface area (Å²) in [6.45, 7) is 10.3. The molecule has 1 fully saturated rings. The Morgan fingerprint density at radius 1 is 1.48 bits per heavy atom. The zero-order valence-electron chi connectivity index (χ0n) is 13.2. The Hall–Kier alpha value is -1.22. The zero-order valence-corrected chi connectivity index (χ0v) is 13.9. The van der Waals surface area contributed by atoms with Gasteiger partial charge >= 0.3 is 0 Å². The highest BCUT2D eigenvalue weighted by Gasteiger charge is 2.45. The zero-order chi connectivity index (χ0) is 15.2. The second-order valence-electron chi connectivity index (χ2n) is 6.64. The number of imidazole rings is 1. The molecule has 3 nitrogen and oxygen atoms in total. The summed E-state index contributed by atoms with van der Waals surface area (Å²) in [6.07, 6.45) is 1.27. The van der Waals surface area contributed by atoms with E-state index in [4.69, 9.17) is 21.3 Å². The largest absolute Gasteiger partial charge is 0.492 e. The molecule has 2 aromatic rings. The molecular formula is C17H23ClN2O. The molecule has 1 aromatic carbocycles. The van der Waals surface area contributed by atoms with Crippen molar-refractivity contribution in [3.63, 3.8) is 0 Å². The highest BCUT2D eigenvalue weighted by Crippen LogP contribution is 2.53. The Bertz CT molecular complexity index is 660. The van der Waals surface area contributed by atoms with Gasteiger partial charge in [0.05, 0.1) is 17.5 Å². The van der Waals surface area contributed by atoms with Gasteiger partial charge in [0.2, 0.25) is 0 Å². The lowest BCUT2D eigenvalue weighted by atomic mass is 10.1. The second kappa shape index (κ2) is 5.20. The van der Waals surface area contributed by atoms with Crippen LogP contribution in [0.25, 0.3) is 11.0 Å². The monoisotopic (exact) mass is 306 g/mol. The second-order valence-corrected chi connectivity index (χ2v) is 7.30. The highest BCUT2D eigenvalue weighted by atomic mass is 35.5. The van der Waals surface area contributed by atoms with Crippen molar-refractivity contribution in [3.8, 4) is 5.75 Å². The first kappa shape index (κ1) is 14.7. The summed E-state index contributed by atoms with van der Waals surface area (Å²) < 4.78 is 8.00. The first-order chi connectivity index (χ1) is 9.94. The molecule has 4 heteroatoms. The molecular weight excluding hydrogens is 284 g/mol. The molecule has 1 saturated carbocycles. The molecule has 2 unspecified atom stereocenters. The van der Waals surface area contributed by atoms with Crippen LogP contribution in [0.4, 0.5) is 0 Å². The van der Waals surface area contributed by atoms with E-state index >= 15 is 0 Å². The summed E-state index contributed by atoms with van der Waals surface area (Å²) >= 11 is 6.36. The van der Waals surface area contributed by atoms with Crippen LogP contribution in [0, 0.1) is 11.3 Å². The van der Waals surface area contributed by atoms with Gasteiger partial charge in [0.1, 0.15) is 17.1 Å². The lowest BCUT2D eigenvalue weighted by Crippen LogP contribution is -2.08. The summed E-state index contributed by atoms with van der Waals surface area (Å²) in [7, 11) is 0. The van der Waals surface area contributed by atoms with Gasteiger partial charge in [-0.3, -0.25) is 0 Å². The smallest absolute Gasteiger partial charge is 0.147 e. The number of hydrogen-bond acceptors (Lipinski definition) is 2. The Balaban J connectivity index is 2.07. The fourth-order valence-corrected chi connectivity index (χ4v) is 3.18. The summed E-state index contributed by atoms with van der Waals surface area (Å²) in [5.41, 5.74) is 2.51. The van der Waals surface area contributed by atoms with Crippen LogP contribution >= 0.6 is 11.6 Å². The van der Waals surface area contributed by atoms with E-state index in [1.54, 1.807) is 0 Å². The number of nitrogens with zero attached hydrogens (tertiary/aromatic N) is 2. The van der Waals surface area contributed by atoms with E-state index in [1.807, 2.05) is 26.0 Å². The Labute approximate surface area is 131 Å². The Kier molecular flexibility index (Phi) is 3.64. The van der Waals surface area contributed by atoms with Gasteiger partial charge < -0.3 is 9.30 Å². The van der Waals surface area contributed by atoms with Crippen LogP contribution in [0.2, 0.25) is 0 Å². The number of benzene rings is 1. The molecule has 1 heterocycles. The molecule has 0 bridgehead atoms. The van der Waals surface area contributed by atoms with Gasteiger partial charge in [0.25, 0.3) is 0 Å². The lowest BCUT2D eigenvalue weighted by molar-refractivity contribution is 0.343. The van der Waals surface area contributed by atoms with Gasteiger partial charge in [-0.1, -0.05) is 19.9 Å². The highest BCUT2D eigenvalue weighted by molar-refractivity contribution is 6.20. The van der Waals surface area contributed by atoms with Crippen molar-refractivity contribution in [1.82, 2.24) is 9.55 Å². The summed E-state index contributed by atoms with van der Waals surface area (Å²) in [4.78, 5) is 4.77. The molecule has 3 rings (SSSR count). The van der Waals surface area contributed by atoms with Gasteiger partial charge in [-0.25, -0.2) is 4.98 Å². The number of para-hydroxylation sites is 1. The number of rotatable bonds is 5. The predicted molar refractivity (Wildman–Crippen MR) is 87.1 cm³/mol. The number of alkyl halides is 1. The molecule has 1 aromatic heterocycles. The minimum atomic E-state index is -0.103. The predicted octanol–water partition coefficient (Wildman–Crippen LogP) is 4.78. The topological polar surface area (TPSA) is 27.1 Å². The molecule has 0 radical (unpaired) electrons. The van der Waals surface area contributed by atoms with Crippen molar-refractivity contribution in [2.24, 2.45) is 11.3 Å². The van der Waals surface area contributed by atoms with Crippen LogP contribution in [0.1, 0.15) is 45.3 Å². The molecule has 21 heavy (non-hydrogen) atoms. The normalized spacial score (nSPS) is 21.5. The van der Waals surface area contributed by atoms with Crippen LogP contribution < -0.4 is 4.74 Å². The number of fused-ring (bicyclic) bond motifs is 1. The third-order valence-corrected chi connectivity index (χ3v) is 4.74. The van der Waals surface area contributed by atoms with Gasteiger partial charge in [0.15, 0.2) is 0 Å². The molecule has 0 saturated heterocycles. The van der Waals surface area contributed by atoms with E-state index in [0.717, 1.165) is 29.2 Å². The minimum Gasteiger partial charge on any atom is -0.492 e. The quantitative estimate of drug-likeness (QED) is 0.743. The van der Waals surface area contributed by atoms with Crippen molar-refractivity contribution in [2.45, 2.75) is 46.0 Å². The fraction of sp³-hybridized carbons (Fsp3) is 0.588. The lowest BCUT2D eigenvalue weighted by Gasteiger charge is -2.11. The van der Waals surface area contributed by atoms with Crippen molar-refractivity contribution >= 4 is 22.6 Å². The van der Waals surface area contributed by atoms with Crippen LogP contribution in [-0.4, -0.2) is 16.2 Å². The fourth-order valence-electron chi connectivity index (χ4n) is 3.01. The van der Waals surface area contributed by atoms with E-state index in [9.17, 15) is 0 Å². The Morgan fingerprint density at radius 2 is 2.19 bits per heavy atom. The first-order valence-electron chi connectivity index (χ1n) is 7.70. The number of hydrogen-bond donors (Lipinski definition) is 0. The number of halogens is 1. The van der Waals surface area contributed by atoms with E-state index in [1.165, 1.54) is 6.42 Å². The molecule has 0 amide bonds. The van der Waals surface area contributed by atoms with Crippen LogP contribution in [0.5, 0.6) is 5.75 Å². The standard InChI is InChI=1S/C17H23ClN2O/c1-5-21-14-8-6-7-13-15(14)19-16(11(2)18)20(13)10-12-9-17(12,3)4/h6-8,11-12H,5,9-10H2,1-4H3. The molecule has 1 aliphatic carbocycles. The Morgan fingerprint density at radius 3 is 2.76 bits per heavy atom. The van der Waals surface area contributed by atoms with Crippen LogP contribution in [0.3, 0.4) is 0 Å². The SMILES string of the molecule is CCOc1cccc2c1nc(C(C)Cl)n2CC1CC1(C)C. The van der Waals surface area contributed by atoms with E-state index in [-0.39, 0.29) is 5.38 Å². The molecule has 114 valence electrons. The third kappa shape index (κ3) is 2.64. The maximum Gasteiger partial charge on any atom is 0.147 e. The average Bonchev–Trinajstić information content (AvgIpc) is 2.85. The average molecular weight is 307 g/mol. The van der Waals surface area contributed by atoms with E-state index < -0.39 is 0 Å². The maximum atomic E-state index is 6.36. The van der Waals surface area contributed by atoms with Crippen LogP contribution in [-0.2, 0) is 6.54 Å². The van der Waals surface area contributed by atoms with Crippen molar-refractivity contribution in [2.75, 3.05) is 6.61 Å².